The van der Waals surface area contributed by atoms with Gasteiger partial charge in [-0.3, -0.25) is 4.79 Å². The highest BCUT2D eigenvalue weighted by Crippen LogP contribution is 2.29. The molecule has 0 aromatic rings. The Bertz CT molecular complexity index is 154. The quantitative estimate of drug-likeness (QED) is 0.470. The molecule has 0 radical (unpaired) electrons. The highest BCUT2D eigenvalue weighted by molar-refractivity contribution is 5.76. The van der Waals surface area contributed by atoms with E-state index >= 15 is 0 Å². The van der Waals surface area contributed by atoms with Crippen LogP contribution >= 0.6 is 0 Å². The second-order valence-corrected chi connectivity index (χ2v) is 3.86. The molecule has 0 aliphatic carbocycles. The second-order valence-electron chi connectivity index (χ2n) is 3.86. The molecule has 0 aromatic carbocycles. The standard InChI is InChI=1S/C11H22O2/c1-5-7-8-9-11(3,6-2)10(12)13-4/h5-9H2,1-4H3. The lowest BCUT2D eigenvalue weighted by molar-refractivity contribution is -0.152. The molecule has 1 atom stereocenters. The molecule has 0 spiro atoms. The Balaban J connectivity index is 4.03. The van der Waals surface area contributed by atoms with Crippen LogP contribution in [0.4, 0.5) is 0 Å². The highest BCUT2D eigenvalue weighted by Gasteiger charge is 2.31. The number of hydrogen-bond acceptors (Lipinski definition) is 2. The lowest BCUT2D eigenvalue weighted by Gasteiger charge is -2.24. The van der Waals surface area contributed by atoms with E-state index in [9.17, 15) is 4.79 Å². The van der Waals surface area contributed by atoms with Crippen LogP contribution in [0.1, 0.15) is 52.9 Å². The first kappa shape index (κ1) is 12.5. The molecule has 1 unspecified atom stereocenters. The average molecular weight is 186 g/mol. The first-order chi connectivity index (χ1) is 6.10. The van der Waals surface area contributed by atoms with Crippen molar-refractivity contribution >= 4 is 5.97 Å². The maximum atomic E-state index is 11.4. The van der Waals surface area contributed by atoms with E-state index in [0.29, 0.717) is 0 Å². The Morgan fingerprint density at radius 1 is 1.31 bits per heavy atom. The van der Waals surface area contributed by atoms with Gasteiger partial charge in [-0.05, 0) is 19.8 Å². The molecule has 0 saturated carbocycles. The van der Waals surface area contributed by atoms with Gasteiger partial charge in [0.1, 0.15) is 0 Å². The maximum Gasteiger partial charge on any atom is 0.311 e. The van der Waals surface area contributed by atoms with Crippen LogP contribution in [-0.4, -0.2) is 13.1 Å². The molecule has 0 amide bonds. The van der Waals surface area contributed by atoms with Gasteiger partial charge in [-0.25, -0.2) is 0 Å². The number of unbranched alkanes of at least 4 members (excludes halogenated alkanes) is 2. The number of carbonyl (C=O) groups is 1. The van der Waals surface area contributed by atoms with Crippen LogP contribution in [0.25, 0.3) is 0 Å². The number of rotatable bonds is 6. The van der Waals surface area contributed by atoms with Gasteiger partial charge in [0.2, 0.25) is 0 Å². The molecule has 0 heterocycles. The molecular weight excluding hydrogens is 164 g/mol. The van der Waals surface area contributed by atoms with Gasteiger partial charge >= 0.3 is 5.97 Å². The SMILES string of the molecule is CCCCCC(C)(CC)C(=O)OC. The molecule has 2 heteroatoms. The zero-order valence-corrected chi connectivity index (χ0v) is 9.35. The van der Waals surface area contributed by atoms with Crippen LogP contribution in [0.15, 0.2) is 0 Å². The normalized spacial score (nSPS) is 15.1. The van der Waals surface area contributed by atoms with Crippen molar-refractivity contribution < 1.29 is 9.53 Å². The predicted octanol–water partition coefficient (Wildman–Crippen LogP) is 3.16. The maximum absolute atomic E-state index is 11.4. The molecule has 78 valence electrons. The van der Waals surface area contributed by atoms with Gasteiger partial charge in [0.15, 0.2) is 0 Å². The Hall–Kier alpha value is -0.530. The fourth-order valence-corrected chi connectivity index (χ4v) is 1.43. The van der Waals surface area contributed by atoms with Crippen molar-refractivity contribution in [2.45, 2.75) is 52.9 Å². The van der Waals surface area contributed by atoms with Crippen LogP contribution in [-0.2, 0) is 9.53 Å². The topological polar surface area (TPSA) is 26.3 Å². The molecule has 0 aliphatic rings. The first-order valence-corrected chi connectivity index (χ1v) is 5.19. The Morgan fingerprint density at radius 2 is 1.92 bits per heavy atom. The molecule has 2 nitrogen and oxygen atoms in total. The van der Waals surface area contributed by atoms with E-state index in [1.165, 1.54) is 20.0 Å². The van der Waals surface area contributed by atoms with E-state index in [2.05, 4.69) is 6.92 Å². The molecule has 0 fully saturated rings. The molecule has 0 rings (SSSR count). The zero-order valence-electron chi connectivity index (χ0n) is 9.35. The Morgan fingerprint density at radius 3 is 2.31 bits per heavy atom. The number of ether oxygens (including phenoxy) is 1. The first-order valence-electron chi connectivity index (χ1n) is 5.19. The minimum absolute atomic E-state index is 0.0638. The molecule has 0 aliphatic heterocycles. The molecule has 0 N–H and O–H groups in total. The third kappa shape index (κ3) is 3.79. The van der Waals surface area contributed by atoms with Crippen molar-refractivity contribution in [3.05, 3.63) is 0 Å². The zero-order chi connectivity index (χ0) is 10.3. The van der Waals surface area contributed by atoms with Crippen LogP contribution in [0.3, 0.4) is 0 Å². The van der Waals surface area contributed by atoms with Gasteiger partial charge in [-0.15, -0.1) is 0 Å². The summed E-state index contributed by atoms with van der Waals surface area (Å²) in [6.07, 6.45) is 5.33. The predicted molar refractivity (Wildman–Crippen MR) is 54.6 cm³/mol. The summed E-state index contributed by atoms with van der Waals surface area (Å²) in [6.45, 7) is 6.21. The van der Waals surface area contributed by atoms with Crippen LogP contribution < -0.4 is 0 Å². The summed E-state index contributed by atoms with van der Waals surface area (Å²) in [5.41, 5.74) is -0.260. The van der Waals surface area contributed by atoms with Crippen molar-refractivity contribution in [2.24, 2.45) is 5.41 Å². The van der Waals surface area contributed by atoms with E-state index in [-0.39, 0.29) is 11.4 Å². The summed E-state index contributed by atoms with van der Waals surface area (Å²) in [6, 6.07) is 0. The van der Waals surface area contributed by atoms with Gasteiger partial charge in [0.25, 0.3) is 0 Å². The van der Waals surface area contributed by atoms with Crippen molar-refractivity contribution in [2.75, 3.05) is 7.11 Å². The summed E-state index contributed by atoms with van der Waals surface area (Å²) in [5.74, 6) is -0.0638. The third-order valence-corrected chi connectivity index (χ3v) is 2.79. The van der Waals surface area contributed by atoms with E-state index < -0.39 is 0 Å². The highest BCUT2D eigenvalue weighted by atomic mass is 16.5. The number of methoxy groups -OCH3 is 1. The summed E-state index contributed by atoms with van der Waals surface area (Å²) in [7, 11) is 1.47. The van der Waals surface area contributed by atoms with Crippen molar-refractivity contribution in [1.29, 1.82) is 0 Å². The summed E-state index contributed by atoms with van der Waals surface area (Å²) >= 11 is 0. The van der Waals surface area contributed by atoms with E-state index in [4.69, 9.17) is 4.74 Å². The molecule has 13 heavy (non-hydrogen) atoms. The fraction of sp³-hybridized carbons (Fsp3) is 0.909. The summed E-state index contributed by atoms with van der Waals surface area (Å²) < 4.78 is 4.80. The molecule has 0 aromatic heterocycles. The van der Waals surface area contributed by atoms with Crippen LogP contribution in [0.5, 0.6) is 0 Å². The van der Waals surface area contributed by atoms with Gasteiger partial charge in [-0.1, -0.05) is 33.1 Å². The minimum atomic E-state index is -0.260. The average Bonchev–Trinajstić information content (AvgIpc) is 2.16. The molecule has 0 saturated heterocycles. The van der Waals surface area contributed by atoms with Crippen LogP contribution in [0.2, 0.25) is 0 Å². The largest absolute Gasteiger partial charge is 0.469 e. The monoisotopic (exact) mass is 186 g/mol. The van der Waals surface area contributed by atoms with Crippen molar-refractivity contribution in [1.82, 2.24) is 0 Å². The molecular formula is C11H22O2. The van der Waals surface area contributed by atoms with Gasteiger partial charge < -0.3 is 4.74 Å². The lowest BCUT2D eigenvalue weighted by Crippen LogP contribution is -2.28. The number of carbonyl (C=O) groups excluding carboxylic acids is 1. The van der Waals surface area contributed by atoms with Crippen molar-refractivity contribution in [3.63, 3.8) is 0 Å². The van der Waals surface area contributed by atoms with E-state index in [0.717, 1.165) is 19.3 Å². The van der Waals surface area contributed by atoms with Gasteiger partial charge in [0, 0.05) is 0 Å². The number of esters is 1. The molecule has 0 bridgehead atoms. The Kier molecular flexibility index (Phi) is 5.76. The van der Waals surface area contributed by atoms with Gasteiger partial charge in [0.05, 0.1) is 12.5 Å². The fourth-order valence-electron chi connectivity index (χ4n) is 1.43. The van der Waals surface area contributed by atoms with E-state index in [1.54, 1.807) is 0 Å². The van der Waals surface area contributed by atoms with Gasteiger partial charge in [-0.2, -0.15) is 0 Å². The Labute approximate surface area is 81.7 Å². The third-order valence-electron chi connectivity index (χ3n) is 2.79. The second kappa shape index (κ2) is 6.01. The summed E-state index contributed by atoms with van der Waals surface area (Å²) in [4.78, 5) is 11.4. The summed E-state index contributed by atoms with van der Waals surface area (Å²) in [5, 5.41) is 0. The van der Waals surface area contributed by atoms with E-state index in [1.807, 2.05) is 13.8 Å². The lowest BCUT2D eigenvalue weighted by atomic mass is 9.82. The van der Waals surface area contributed by atoms with Crippen LogP contribution in [0, 0.1) is 5.41 Å². The van der Waals surface area contributed by atoms with Crippen molar-refractivity contribution in [3.8, 4) is 0 Å². The smallest absolute Gasteiger partial charge is 0.311 e. The minimum Gasteiger partial charge on any atom is -0.469 e. The number of hydrogen-bond donors (Lipinski definition) is 0.